The Hall–Kier alpha value is -2.98. The van der Waals surface area contributed by atoms with Crippen LogP contribution >= 0.6 is 0 Å². The molecule has 0 aliphatic carbocycles. The van der Waals surface area contributed by atoms with Crippen molar-refractivity contribution in [2.24, 2.45) is 0 Å². The third-order valence-corrected chi connectivity index (χ3v) is 2.96. The van der Waals surface area contributed by atoms with E-state index in [-0.39, 0.29) is 5.56 Å². The minimum absolute atomic E-state index is 0.271. The molecular formula is C12H8F3N3O5. The maximum Gasteiger partial charge on any atom is 0.405 e. The van der Waals surface area contributed by atoms with Crippen molar-refractivity contribution < 1.29 is 32.5 Å². The largest absolute Gasteiger partial charge is 0.405 e. The van der Waals surface area contributed by atoms with Crippen molar-refractivity contribution in [3.8, 4) is 0 Å². The summed E-state index contributed by atoms with van der Waals surface area (Å²) < 4.78 is 36.0. The third kappa shape index (κ3) is 3.27. The first-order valence-corrected chi connectivity index (χ1v) is 6.09. The fourth-order valence-electron chi connectivity index (χ4n) is 2.01. The van der Waals surface area contributed by atoms with Gasteiger partial charge in [0.2, 0.25) is 5.91 Å². The van der Waals surface area contributed by atoms with E-state index in [9.17, 15) is 37.7 Å². The molecule has 1 aromatic rings. The van der Waals surface area contributed by atoms with E-state index in [2.05, 4.69) is 0 Å². The number of alkyl halides is 3. The van der Waals surface area contributed by atoms with E-state index in [0.29, 0.717) is 4.90 Å². The number of halogens is 3. The maximum absolute atomic E-state index is 12.1. The quantitative estimate of drug-likeness (QED) is 0.500. The molecule has 1 heterocycles. The molecule has 0 atom stereocenters. The lowest BCUT2D eigenvalue weighted by molar-refractivity contribution is -0.385. The van der Waals surface area contributed by atoms with Crippen LogP contribution in [0.1, 0.15) is 20.7 Å². The van der Waals surface area contributed by atoms with Crippen LogP contribution in [0.15, 0.2) is 18.2 Å². The number of rotatable bonds is 4. The molecule has 122 valence electrons. The van der Waals surface area contributed by atoms with Gasteiger partial charge in [-0.2, -0.15) is 13.2 Å². The van der Waals surface area contributed by atoms with E-state index in [1.54, 1.807) is 0 Å². The first kappa shape index (κ1) is 16.4. The lowest BCUT2D eigenvalue weighted by Crippen LogP contribution is -2.43. The van der Waals surface area contributed by atoms with Crippen LogP contribution in [0, 0.1) is 10.1 Å². The second-order valence-electron chi connectivity index (χ2n) is 4.55. The summed E-state index contributed by atoms with van der Waals surface area (Å²) in [5, 5.41) is 12.4. The van der Waals surface area contributed by atoms with Crippen LogP contribution in [0.5, 0.6) is 0 Å². The molecule has 11 heteroatoms. The molecule has 1 aliphatic rings. The average Bonchev–Trinajstić information content (AvgIpc) is 2.69. The van der Waals surface area contributed by atoms with Crippen LogP contribution in [0.25, 0.3) is 0 Å². The zero-order chi connectivity index (χ0) is 17.4. The van der Waals surface area contributed by atoms with Crippen molar-refractivity contribution in [3.63, 3.8) is 0 Å². The van der Waals surface area contributed by atoms with Crippen molar-refractivity contribution in [3.05, 3.63) is 39.4 Å². The Bertz CT molecular complexity index is 716. The number of carbonyl (C=O) groups is 3. The molecule has 0 saturated carbocycles. The summed E-state index contributed by atoms with van der Waals surface area (Å²) >= 11 is 0. The molecule has 0 unspecified atom stereocenters. The van der Waals surface area contributed by atoms with Crippen molar-refractivity contribution in [1.82, 2.24) is 10.2 Å². The summed E-state index contributed by atoms with van der Waals surface area (Å²) in [6.07, 6.45) is -4.64. The average molecular weight is 331 g/mol. The van der Waals surface area contributed by atoms with Crippen LogP contribution in [0.3, 0.4) is 0 Å². The molecule has 3 amide bonds. The van der Waals surface area contributed by atoms with Crippen molar-refractivity contribution in [1.29, 1.82) is 0 Å². The number of benzene rings is 1. The standard InChI is InChI=1S/C12H8F3N3O5/c13-12(14,15)5-16-8(19)4-17-10(20)6-2-1-3-7(18(22)23)9(6)11(17)21/h1-3H,4-5H2,(H,16,19). The lowest BCUT2D eigenvalue weighted by atomic mass is 10.1. The highest BCUT2D eigenvalue weighted by atomic mass is 19.4. The summed E-state index contributed by atoms with van der Waals surface area (Å²) in [5.41, 5.74) is -1.36. The van der Waals surface area contributed by atoms with Gasteiger partial charge in [0.15, 0.2) is 0 Å². The highest BCUT2D eigenvalue weighted by molar-refractivity contribution is 6.24. The minimum atomic E-state index is -4.64. The monoisotopic (exact) mass is 331 g/mol. The number of imide groups is 1. The van der Waals surface area contributed by atoms with Gasteiger partial charge >= 0.3 is 6.18 Å². The van der Waals surface area contributed by atoms with E-state index in [1.165, 1.54) is 11.4 Å². The van der Waals surface area contributed by atoms with Crippen LogP contribution in [0.2, 0.25) is 0 Å². The van der Waals surface area contributed by atoms with E-state index in [0.717, 1.165) is 12.1 Å². The van der Waals surface area contributed by atoms with Gasteiger partial charge in [-0.15, -0.1) is 0 Å². The number of hydrogen-bond donors (Lipinski definition) is 1. The molecule has 0 fully saturated rings. The molecule has 0 bridgehead atoms. The van der Waals surface area contributed by atoms with E-state index >= 15 is 0 Å². The molecule has 0 aromatic heterocycles. The number of carbonyl (C=O) groups excluding carboxylic acids is 3. The van der Waals surface area contributed by atoms with Crippen LogP contribution in [-0.4, -0.2) is 46.8 Å². The topological polar surface area (TPSA) is 110 Å². The fraction of sp³-hybridized carbons (Fsp3) is 0.250. The van der Waals surface area contributed by atoms with Gasteiger partial charge in [-0.1, -0.05) is 6.07 Å². The summed E-state index contributed by atoms with van der Waals surface area (Å²) in [4.78, 5) is 45.9. The summed E-state index contributed by atoms with van der Waals surface area (Å²) in [6.45, 7) is -2.57. The normalized spacial score (nSPS) is 14.0. The van der Waals surface area contributed by atoms with Gasteiger partial charge in [0.1, 0.15) is 18.7 Å². The Balaban J connectivity index is 2.20. The highest BCUT2D eigenvalue weighted by Gasteiger charge is 2.41. The Kier molecular flexibility index (Phi) is 4.04. The highest BCUT2D eigenvalue weighted by Crippen LogP contribution is 2.30. The van der Waals surface area contributed by atoms with Crippen molar-refractivity contribution >= 4 is 23.4 Å². The molecule has 23 heavy (non-hydrogen) atoms. The van der Waals surface area contributed by atoms with Gasteiger partial charge in [0.05, 0.1) is 10.5 Å². The fourth-order valence-corrected chi connectivity index (χ4v) is 2.01. The van der Waals surface area contributed by atoms with Gasteiger partial charge in [-0.3, -0.25) is 29.4 Å². The molecule has 0 radical (unpaired) electrons. The molecule has 1 N–H and O–H groups in total. The predicted molar refractivity (Wildman–Crippen MR) is 67.5 cm³/mol. The summed E-state index contributed by atoms with van der Waals surface area (Å²) in [7, 11) is 0. The molecular weight excluding hydrogens is 323 g/mol. The summed E-state index contributed by atoms with van der Waals surface area (Å²) in [6, 6.07) is 3.36. The minimum Gasteiger partial charge on any atom is -0.345 e. The van der Waals surface area contributed by atoms with Gasteiger partial charge in [0.25, 0.3) is 17.5 Å². The first-order valence-electron chi connectivity index (χ1n) is 6.09. The Morgan fingerprint density at radius 3 is 2.48 bits per heavy atom. The van der Waals surface area contributed by atoms with E-state index < -0.39 is 53.2 Å². The molecule has 8 nitrogen and oxygen atoms in total. The molecule has 2 rings (SSSR count). The second kappa shape index (κ2) is 5.66. The number of amides is 3. The Morgan fingerprint density at radius 1 is 1.26 bits per heavy atom. The SMILES string of the molecule is O=C(CN1C(=O)c2cccc([N+](=O)[O-])c2C1=O)NCC(F)(F)F. The third-order valence-electron chi connectivity index (χ3n) is 2.96. The van der Waals surface area contributed by atoms with Crippen molar-refractivity contribution in [2.45, 2.75) is 6.18 Å². The zero-order valence-corrected chi connectivity index (χ0v) is 11.2. The number of hydrogen-bond acceptors (Lipinski definition) is 5. The molecule has 0 spiro atoms. The van der Waals surface area contributed by atoms with E-state index in [1.807, 2.05) is 0 Å². The zero-order valence-electron chi connectivity index (χ0n) is 11.2. The number of nitrogens with zero attached hydrogens (tertiary/aromatic N) is 2. The van der Waals surface area contributed by atoms with Gasteiger partial charge in [0, 0.05) is 6.07 Å². The Morgan fingerprint density at radius 2 is 1.91 bits per heavy atom. The van der Waals surface area contributed by atoms with Crippen LogP contribution in [-0.2, 0) is 4.79 Å². The number of nitrogens with one attached hydrogen (secondary N) is 1. The molecule has 1 aliphatic heterocycles. The van der Waals surface area contributed by atoms with Gasteiger partial charge in [-0.05, 0) is 6.07 Å². The van der Waals surface area contributed by atoms with Crippen LogP contribution in [0.4, 0.5) is 18.9 Å². The first-order chi connectivity index (χ1) is 10.6. The van der Waals surface area contributed by atoms with E-state index in [4.69, 9.17) is 0 Å². The number of nitro groups is 1. The van der Waals surface area contributed by atoms with Crippen LogP contribution < -0.4 is 5.32 Å². The second-order valence-corrected chi connectivity index (χ2v) is 4.55. The lowest BCUT2D eigenvalue weighted by Gasteiger charge is -2.14. The predicted octanol–water partition coefficient (Wildman–Crippen LogP) is 0.869. The van der Waals surface area contributed by atoms with Crippen molar-refractivity contribution in [2.75, 3.05) is 13.1 Å². The number of nitro benzene ring substituents is 1. The molecule has 0 saturated heterocycles. The summed E-state index contributed by atoms with van der Waals surface area (Å²) in [5.74, 6) is -3.28. The maximum atomic E-state index is 12.1. The molecule has 1 aromatic carbocycles. The van der Waals surface area contributed by atoms with Gasteiger partial charge in [-0.25, -0.2) is 0 Å². The van der Waals surface area contributed by atoms with Gasteiger partial charge < -0.3 is 5.32 Å². The smallest absolute Gasteiger partial charge is 0.345 e. The number of fused-ring (bicyclic) bond motifs is 1. The Labute approximate surface area is 126 Å².